The molecule has 0 saturated carbocycles. The van der Waals surface area contributed by atoms with E-state index in [1.807, 2.05) is 0 Å². The maximum absolute atomic E-state index is 12.0. The van der Waals surface area contributed by atoms with Gasteiger partial charge in [-0.2, -0.15) is 8.78 Å². The SMILES string of the molecule is C[C@H](N)c1nc2ccc(OC(F)F)cc2[nH]1. The molecule has 0 radical (unpaired) electrons. The number of alkyl halides is 2. The molecule has 4 nitrogen and oxygen atoms in total. The summed E-state index contributed by atoms with van der Waals surface area (Å²) in [6.45, 7) is -1.04. The van der Waals surface area contributed by atoms with E-state index in [0.29, 0.717) is 16.9 Å². The van der Waals surface area contributed by atoms with Crippen LogP contribution in [0.3, 0.4) is 0 Å². The number of ether oxygens (including phenoxy) is 1. The van der Waals surface area contributed by atoms with E-state index in [2.05, 4.69) is 14.7 Å². The summed E-state index contributed by atoms with van der Waals surface area (Å²) >= 11 is 0. The molecule has 16 heavy (non-hydrogen) atoms. The van der Waals surface area contributed by atoms with Gasteiger partial charge >= 0.3 is 6.61 Å². The molecule has 1 aromatic heterocycles. The van der Waals surface area contributed by atoms with E-state index in [0.717, 1.165) is 0 Å². The average molecular weight is 227 g/mol. The molecule has 0 aliphatic rings. The molecule has 6 heteroatoms. The summed E-state index contributed by atoms with van der Waals surface area (Å²) < 4.78 is 28.3. The second kappa shape index (κ2) is 4.05. The van der Waals surface area contributed by atoms with Gasteiger partial charge in [0, 0.05) is 6.07 Å². The van der Waals surface area contributed by atoms with Crippen LogP contribution in [-0.2, 0) is 0 Å². The number of aromatic amines is 1. The van der Waals surface area contributed by atoms with Gasteiger partial charge in [-0.05, 0) is 19.1 Å². The second-order valence-electron chi connectivity index (χ2n) is 3.47. The normalized spacial score (nSPS) is 13.3. The van der Waals surface area contributed by atoms with Crippen LogP contribution >= 0.6 is 0 Å². The third kappa shape index (κ3) is 2.11. The molecule has 1 atom stereocenters. The Balaban J connectivity index is 2.38. The van der Waals surface area contributed by atoms with Gasteiger partial charge in [-0.3, -0.25) is 0 Å². The van der Waals surface area contributed by atoms with Crippen LogP contribution in [0.15, 0.2) is 18.2 Å². The minimum Gasteiger partial charge on any atom is -0.435 e. The highest BCUT2D eigenvalue weighted by atomic mass is 19.3. The van der Waals surface area contributed by atoms with Crippen molar-refractivity contribution in [2.24, 2.45) is 5.73 Å². The molecule has 0 fully saturated rings. The number of nitrogens with two attached hydrogens (primary N) is 1. The number of imidazole rings is 1. The number of nitrogens with one attached hydrogen (secondary N) is 1. The summed E-state index contributed by atoms with van der Waals surface area (Å²) in [6, 6.07) is 4.29. The number of aromatic nitrogens is 2. The van der Waals surface area contributed by atoms with E-state index < -0.39 is 6.61 Å². The average Bonchev–Trinajstić information content (AvgIpc) is 2.59. The Bertz CT molecular complexity index is 496. The van der Waals surface area contributed by atoms with Gasteiger partial charge in [-0.15, -0.1) is 0 Å². The molecule has 0 amide bonds. The molecule has 1 heterocycles. The van der Waals surface area contributed by atoms with Crippen molar-refractivity contribution in [1.29, 1.82) is 0 Å². The highest BCUT2D eigenvalue weighted by Crippen LogP contribution is 2.21. The predicted octanol–water partition coefficient (Wildman–Crippen LogP) is 2.18. The van der Waals surface area contributed by atoms with Crippen LogP contribution in [0.4, 0.5) is 8.78 Å². The Morgan fingerprint density at radius 3 is 2.81 bits per heavy atom. The van der Waals surface area contributed by atoms with Crippen molar-refractivity contribution in [2.45, 2.75) is 19.6 Å². The van der Waals surface area contributed by atoms with Gasteiger partial charge < -0.3 is 15.5 Å². The van der Waals surface area contributed by atoms with Crippen molar-refractivity contribution < 1.29 is 13.5 Å². The van der Waals surface area contributed by atoms with Crippen molar-refractivity contribution in [3.63, 3.8) is 0 Å². The summed E-state index contributed by atoms with van der Waals surface area (Å²) in [7, 11) is 0. The van der Waals surface area contributed by atoms with Crippen molar-refractivity contribution in [3.8, 4) is 5.75 Å². The lowest BCUT2D eigenvalue weighted by Crippen LogP contribution is -2.06. The van der Waals surface area contributed by atoms with Crippen LogP contribution in [0.2, 0.25) is 0 Å². The zero-order valence-corrected chi connectivity index (χ0v) is 8.58. The topological polar surface area (TPSA) is 63.9 Å². The maximum atomic E-state index is 12.0. The Kier molecular flexibility index (Phi) is 2.74. The molecule has 2 aromatic rings. The predicted molar refractivity (Wildman–Crippen MR) is 55.3 cm³/mol. The van der Waals surface area contributed by atoms with Crippen LogP contribution < -0.4 is 10.5 Å². The number of fused-ring (bicyclic) bond motifs is 1. The highest BCUT2D eigenvalue weighted by Gasteiger charge is 2.09. The molecule has 0 aliphatic carbocycles. The van der Waals surface area contributed by atoms with Gasteiger partial charge in [-0.1, -0.05) is 0 Å². The summed E-state index contributed by atoms with van der Waals surface area (Å²) in [5.41, 5.74) is 6.96. The van der Waals surface area contributed by atoms with Crippen molar-refractivity contribution in [2.75, 3.05) is 0 Å². The lowest BCUT2D eigenvalue weighted by atomic mass is 10.3. The van der Waals surface area contributed by atoms with E-state index in [1.165, 1.54) is 12.1 Å². The van der Waals surface area contributed by atoms with Gasteiger partial charge in [-0.25, -0.2) is 4.98 Å². The molecule has 3 N–H and O–H groups in total. The van der Waals surface area contributed by atoms with E-state index in [9.17, 15) is 8.78 Å². The lowest BCUT2D eigenvalue weighted by molar-refractivity contribution is -0.0497. The van der Waals surface area contributed by atoms with Crippen molar-refractivity contribution >= 4 is 11.0 Å². The van der Waals surface area contributed by atoms with Crippen LogP contribution in [-0.4, -0.2) is 16.6 Å². The Hall–Kier alpha value is -1.69. The fourth-order valence-corrected chi connectivity index (χ4v) is 1.40. The molecule has 0 saturated heterocycles. The van der Waals surface area contributed by atoms with Gasteiger partial charge in [0.15, 0.2) is 0 Å². The van der Waals surface area contributed by atoms with Crippen molar-refractivity contribution in [3.05, 3.63) is 24.0 Å². The standard InChI is InChI=1S/C10H11F2N3O/c1-5(13)9-14-7-3-2-6(16-10(11)12)4-8(7)15-9/h2-5,10H,13H2,1H3,(H,14,15)/t5-/m0/s1. The van der Waals surface area contributed by atoms with E-state index in [-0.39, 0.29) is 11.8 Å². The Labute approximate surface area is 90.4 Å². The quantitative estimate of drug-likeness (QED) is 0.844. The first-order valence-corrected chi connectivity index (χ1v) is 4.76. The van der Waals surface area contributed by atoms with E-state index >= 15 is 0 Å². The summed E-state index contributed by atoms with van der Waals surface area (Å²) in [5, 5.41) is 0. The first-order chi connectivity index (χ1) is 7.56. The second-order valence-corrected chi connectivity index (χ2v) is 3.47. The number of benzene rings is 1. The molecule has 0 bridgehead atoms. The fraction of sp³-hybridized carbons (Fsp3) is 0.300. The van der Waals surface area contributed by atoms with E-state index in [1.54, 1.807) is 13.0 Å². The Morgan fingerprint density at radius 2 is 2.19 bits per heavy atom. The molecule has 0 aliphatic heterocycles. The number of rotatable bonds is 3. The summed E-state index contributed by atoms with van der Waals surface area (Å²) in [4.78, 5) is 7.16. The maximum Gasteiger partial charge on any atom is 0.387 e. The third-order valence-corrected chi connectivity index (χ3v) is 2.13. The molecule has 1 aromatic carbocycles. The minimum absolute atomic E-state index is 0.0994. The molecule has 0 spiro atoms. The van der Waals surface area contributed by atoms with Gasteiger partial charge in [0.1, 0.15) is 11.6 Å². The highest BCUT2D eigenvalue weighted by molar-refractivity contribution is 5.76. The van der Waals surface area contributed by atoms with Crippen LogP contribution in [0.1, 0.15) is 18.8 Å². The number of hydrogen-bond donors (Lipinski definition) is 2. The first-order valence-electron chi connectivity index (χ1n) is 4.76. The summed E-state index contributed by atoms with van der Waals surface area (Å²) in [6.07, 6.45) is 0. The van der Waals surface area contributed by atoms with Crippen LogP contribution in [0, 0.1) is 0 Å². The van der Waals surface area contributed by atoms with Gasteiger partial charge in [0.2, 0.25) is 0 Å². The molecule has 86 valence electrons. The number of hydrogen-bond acceptors (Lipinski definition) is 3. The molecule has 0 unspecified atom stereocenters. The first kappa shape index (κ1) is 10.8. The monoisotopic (exact) mass is 227 g/mol. The van der Waals surface area contributed by atoms with Gasteiger partial charge in [0.25, 0.3) is 0 Å². The zero-order valence-electron chi connectivity index (χ0n) is 8.58. The number of nitrogens with zero attached hydrogens (tertiary/aromatic N) is 1. The number of halogens is 2. The molecular weight excluding hydrogens is 216 g/mol. The number of H-pyrrole nitrogens is 1. The lowest BCUT2D eigenvalue weighted by Gasteiger charge is -2.02. The fourth-order valence-electron chi connectivity index (χ4n) is 1.40. The van der Waals surface area contributed by atoms with Crippen LogP contribution in [0.25, 0.3) is 11.0 Å². The van der Waals surface area contributed by atoms with Crippen LogP contribution in [0.5, 0.6) is 5.75 Å². The van der Waals surface area contributed by atoms with Gasteiger partial charge in [0.05, 0.1) is 17.1 Å². The van der Waals surface area contributed by atoms with E-state index in [4.69, 9.17) is 5.73 Å². The smallest absolute Gasteiger partial charge is 0.387 e. The van der Waals surface area contributed by atoms with Crippen molar-refractivity contribution in [1.82, 2.24) is 9.97 Å². The largest absolute Gasteiger partial charge is 0.435 e. The third-order valence-electron chi connectivity index (χ3n) is 2.13. The Morgan fingerprint density at radius 1 is 1.44 bits per heavy atom. The zero-order chi connectivity index (χ0) is 11.7. The summed E-state index contributed by atoms with van der Waals surface area (Å²) in [5.74, 6) is 0.714. The minimum atomic E-state index is -2.83. The molecule has 2 rings (SSSR count). The molecular formula is C10H11F2N3O.